The van der Waals surface area contributed by atoms with E-state index in [1.165, 1.54) is 11.1 Å². The lowest BCUT2D eigenvalue weighted by atomic mass is 9.87. The lowest BCUT2D eigenvalue weighted by Crippen LogP contribution is -2.48. The van der Waals surface area contributed by atoms with Crippen LogP contribution in [0.25, 0.3) is 11.1 Å². The second-order valence-corrected chi connectivity index (χ2v) is 9.96. The number of rotatable bonds is 6. The SMILES string of the molecule is CC1CCN(C(=O)CC2(NC(=O)OCC3c4ccccc4-c4ccccc43)CC2)CC1C(=O)O. The number of carbonyl (C=O) groups excluding carboxylic acids is 2. The number of ether oxygens (including phenoxy) is 1. The zero-order chi connectivity index (χ0) is 23.9. The number of amides is 2. The van der Waals surface area contributed by atoms with Gasteiger partial charge in [0.05, 0.1) is 17.9 Å². The number of hydrogen-bond donors (Lipinski definition) is 2. The number of benzene rings is 2. The van der Waals surface area contributed by atoms with Crippen molar-refractivity contribution in [3.05, 3.63) is 59.7 Å². The first kappa shape index (κ1) is 22.4. The predicted octanol–water partition coefficient (Wildman–Crippen LogP) is 4.02. The highest BCUT2D eigenvalue weighted by Gasteiger charge is 2.48. The highest BCUT2D eigenvalue weighted by Crippen LogP contribution is 2.45. The van der Waals surface area contributed by atoms with Gasteiger partial charge < -0.3 is 20.1 Å². The van der Waals surface area contributed by atoms with Crippen LogP contribution in [0, 0.1) is 11.8 Å². The molecule has 1 saturated heterocycles. The predicted molar refractivity (Wildman–Crippen MR) is 126 cm³/mol. The Morgan fingerprint density at radius 1 is 1.06 bits per heavy atom. The number of likely N-dealkylation sites (tertiary alicyclic amines) is 1. The summed E-state index contributed by atoms with van der Waals surface area (Å²) >= 11 is 0. The molecule has 0 aromatic heterocycles. The van der Waals surface area contributed by atoms with Crippen molar-refractivity contribution in [3.8, 4) is 11.1 Å². The standard InChI is InChI=1S/C27H30N2O5/c1-17-10-13-29(15-22(17)25(31)32)24(30)14-27(11-12-27)28-26(33)34-16-23-20-8-4-2-6-18(20)19-7-3-5-9-21(19)23/h2-9,17,22-23H,10-16H2,1H3,(H,28,33)(H,31,32). The Morgan fingerprint density at radius 3 is 2.26 bits per heavy atom. The van der Waals surface area contributed by atoms with Crippen molar-refractivity contribution in [1.82, 2.24) is 10.2 Å². The average Bonchev–Trinajstić information content (AvgIpc) is 3.49. The maximum Gasteiger partial charge on any atom is 0.407 e. The summed E-state index contributed by atoms with van der Waals surface area (Å²) in [6.45, 7) is 2.94. The molecule has 1 saturated carbocycles. The maximum atomic E-state index is 12.9. The molecule has 2 aliphatic carbocycles. The van der Waals surface area contributed by atoms with Crippen molar-refractivity contribution in [2.75, 3.05) is 19.7 Å². The molecule has 2 aromatic carbocycles. The van der Waals surface area contributed by atoms with Gasteiger partial charge in [0.1, 0.15) is 6.61 Å². The van der Waals surface area contributed by atoms with Crippen LogP contribution in [0.4, 0.5) is 4.79 Å². The van der Waals surface area contributed by atoms with Crippen LogP contribution in [-0.2, 0) is 14.3 Å². The number of alkyl carbamates (subject to hydrolysis) is 1. The van der Waals surface area contributed by atoms with E-state index in [1.54, 1.807) is 4.90 Å². The third kappa shape index (κ3) is 4.27. The summed E-state index contributed by atoms with van der Waals surface area (Å²) in [5, 5.41) is 12.4. The number of hydrogen-bond acceptors (Lipinski definition) is 4. The van der Waals surface area contributed by atoms with Crippen LogP contribution in [0.15, 0.2) is 48.5 Å². The van der Waals surface area contributed by atoms with Crippen molar-refractivity contribution in [1.29, 1.82) is 0 Å². The van der Waals surface area contributed by atoms with E-state index in [-0.39, 0.29) is 37.3 Å². The number of piperidine rings is 1. The fourth-order valence-corrected chi connectivity index (χ4v) is 5.37. The van der Waals surface area contributed by atoms with Crippen molar-refractivity contribution in [3.63, 3.8) is 0 Å². The van der Waals surface area contributed by atoms with E-state index in [4.69, 9.17) is 4.74 Å². The molecular weight excluding hydrogens is 432 g/mol. The molecule has 2 amide bonds. The van der Waals surface area contributed by atoms with E-state index in [0.717, 1.165) is 24.0 Å². The Bertz CT molecular complexity index is 1080. The van der Waals surface area contributed by atoms with Gasteiger partial charge in [-0.25, -0.2) is 4.79 Å². The van der Waals surface area contributed by atoms with Crippen LogP contribution in [0.2, 0.25) is 0 Å². The minimum atomic E-state index is -0.858. The van der Waals surface area contributed by atoms with Gasteiger partial charge in [-0.05, 0) is 47.4 Å². The van der Waals surface area contributed by atoms with Gasteiger partial charge in [0.2, 0.25) is 5.91 Å². The molecule has 0 bridgehead atoms. The lowest BCUT2D eigenvalue weighted by Gasteiger charge is -2.35. The first-order chi connectivity index (χ1) is 16.4. The largest absolute Gasteiger partial charge is 0.481 e. The number of nitrogens with zero attached hydrogens (tertiary/aromatic N) is 1. The zero-order valence-electron chi connectivity index (χ0n) is 19.3. The van der Waals surface area contributed by atoms with E-state index < -0.39 is 23.5 Å². The minimum absolute atomic E-state index is 0.0155. The highest BCUT2D eigenvalue weighted by molar-refractivity contribution is 5.81. The minimum Gasteiger partial charge on any atom is -0.481 e. The van der Waals surface area contributed by atoms with Crippen molar-refractivity contribution in [2.45, 2.75) is 44.1 Å². The molecule has 2 aromatic rings. The van der Waals surface area contributed by atoms with Gasteiger partial charge >= 0.3 is 12.1 Å². The molecule has 1 heterocycles. The van der Waals surface area contributed by atoms with Gasteiger partial charge in [-0.3, -0.25) is 9.59 Å². The van der Waals surface area contributed by atoms with Crippen molar-refractivity contribution >= 4 is 18.0 Å². The Hall–Kier alpha value is -3.35. The summed E-state index contributed by atoms with van der Waals surface area (Å²) in [4.78, 5) is 38.7. The molecule has 2 atom stereocenters. The molecule has 7 nitrogen and oxygen atoms in total. The summed E-state index contributed by atoms with van der Waals surface area (Å²) in [7, 11) is 0. The van der Waals surface area contributed by atoms with Crippen LogP contribution in [0.1, 0.15) is 49.7 Å². The number of nitrogens with one attached hydrogen (secondary N) is 1. The molecular formula is C27H30N2O5. The average molecular weight is 463 g/mol. The van der Waals surface area contributed by atoms with Crippen molar-refractivity contribution in [2.24, 2.45) is 11.8 Å². The number of carbonyl (C=O) groups is 3. The molecule has 1 aliphatic heterocycles. The second-order valence-electron chi connectivity index (χ2n) is 9.96. The topological polar surface area (TPSA) is 95.9 Å². The molecule has 0 radical (unpaired) electrons. The summed E-state index contributed by atoms with van der Waals surface area (Å²) in [6, 6.07) is 16.4. The molecule has 34 heavy (non-hydrogen) atoms. The van der Waals surface area contributed by atoms with E-state index in [1.807, 2.05) is 31.2 Å². The smallest absolute Gasteiger partial charge is 0.407 e. The van der Waals surface area contributed by atoms with E-state index in [0.29, 0.717) is 13.0 Å². The fraction of sp³-hybridized carbons (Fsp3) is 0.444. The Kier molecular flexibility index (Phi) is 5.80. The van der Waals surface area contributed by atoms with Gasteiger partial charge in [-0.15, -0.1) is 0 Å². The van der Waals surface area contributed by atoms with Gasteiger partial charge in [0, 0.05) is 19.0 Å². The van der Waals surface area contributed by atoms with Gasteiger partial charge in [-0.2, -0.15) is 0 Å². The fourth-order valence-electron chi connectivity index (χ4n) is 5.37. The quantitative estimate of drug-likeness (QED) is 0.676. The Labute approximate surface area is 199 Å². The highest BCUT2D eigenvalue weighted by atomic mass is 16.5. The molecule has 2 unspecified atom stereocenters. The molecule has 5 rings (SSSR count). The normalized spacial score (nSPS) is 22.4. The van der Waals surface area contributed by atoms with Crippen LogP contribution in [-0.4, -0.2) is 53.2 Å². The number of carboxylic acid groups (broad SMARTS) is 1. The number of aliphatic carboxylic acids is 1. The zero-order valence-corrected chi connectivity index (χ0v) is 19.3. The number of fused-ring (bicyclic) bond motifs is 3. The van der Waals surface area contributed by atoms with Crippen LogP contribution in [0.3, 0.4) is 0 Å². The summed E-state index contributed by atoms with van der Waals surface area (Å²) in [5.41, 5.74) is 4.07. The molecule has 2 fully saturated rings. The Morgan fingerprint density at radius 2 is 1.68 bits per heavy atom. The Balaban J connectivity index is 1.18. The summed E-state index contributed by atoms with van der Waals surface area (Å²) < 4.78 is 5.65. The van der Waals surface area contributed by atoms with Crippen LogP contribution in [0.5, 0.6) is 0 Å². The molecule has 178 valence electrons. The van der Waals surface area contributed by atoms with Gasteiger partial charge in [0.25, 0.3) is 0 Å². The van der Waals surface area contributed by atoms with Crippen molar-refractivity contribution < 1.29 is 24.2 Å². The monoisotopic (exact) mass is 462 g/mol. The maximum absolute atomic E-state index is 12.9. The molecule has 7 heteroatoms. The third-order valence-electron chi connectivity index (χ3n) is 7.68. The van der Waals surface area contributed by atoms with Gasteiger partial charge in [-0.1, -0.05) is 55.5 Å². The van der Waals surface area contributed by atoms with E-state index in [2.05, 4.69) is 29.6 Å². The summed E-state index contributed by atoms with van der Waals surface area (Å²) in [6.07, 6.45) is 1.78. The first-order valence-corrected chi connectivity index (χ1v) is 12.0. The lowest BCUT2D eigenvalue weighted by molar-refractivity contribution is -0.148. The van der Waals surface area contributed by atoms with Gasteiger partial charge in [0.15, 0.2) is 0 Å². The second kappa shape index (κ2) is 8.78. The van der Waals surface area contributed by atoms with E-state index >= 15 is 0 Å². The van der Waals surface area contributed by atoms with E-state index in [9.17, 15) is 19.5 Å². The number of carboxylic acids is 1. The first-order valence-electron chi connectivity index (χ1n) is 12.0. The summed E-state index contributed by atoms with van der Waals surface area (Å²) in [5.74, 6) is -1.46. The molecule has 0 spiro atoms. The molecule has 2 N–H and O–H groups in total. The molecule has 3 aliphatic rings. The van der Waals surface area contributed by atoms with Crippen LogP contribution >= 0.6 is 0 Å². The van der Waals surface area contributed by atoms with Crippen LogP contribution < -0.4 is 5.32 Å². The third-order valence-corrected chi connectivity index (χ3v) is 7.68.